The summed E-state index contributed by atoms with van der Waals surface area (Å²) in [5.41, 5.74) is 0.528. The van der Waals surface area contributed by atoms with Crippen LogP contribution in [0.4, 0.5) is 17.2 Å². The summed E-state index contributed by atoms with van der Waals surface area (Å²) in [7, 11) is 0. The van der Waals surface area contributed by atoms with Gasteiger partial charge in [0.05, 0.1) is 10.6 Å². The van der Waals surface area contributed by atoms with Gasteiger partial charge in [-0.1, -0.05) is 0 Å². The van der Waals surface area contributed by atoms with Gasteiger partial charge in [0.25, 0.3) is 11.6 Å². The van der Waals surface area contributed by atoms with Crippen molar-refractivity contribution in [2.45, 2.75) is 6.92 Å². The molecule has 0 saturated heterocycles. The van der Waals surface area contributed by atoms with Gasteiger partial charge in [-0.2, -0.15) is 5.10 Å². The number of aryl methyl sites for hydroxylation is 1. The average molecular weight is 275 g/mol. The molecule has 0 spiro atoms. The molecule has 1 heterocycles. The summed E-state index contributed by atoms with van der Waals surface area (Å²) in [5.74, 6) is -0.530. The van der Waals surface area contributed by atoms with Gasteiger partial charge in [-0.05, 0) is 24.2 Å². The van der Waals surface area contributed by atoms with Crippen LogP contribution < -0.4 is 5.32 Å². The van der Waals surface area contributed by atoms with Crippen LogP contribution in [0.5, 0.6) is 0 Å². The number of carbonyl (C=O) groups excluding carboxylic acids is 1. The number of H-pyrrole nitrogens is 1. The third kappa shape index (κ3) is 2.51. The van der Waals surface area contributed by atoms with E-state index < -0.39 is 10.8 Å². The molecule has 0 atom stereocenters. The van der Waals surface area contributed by atoms with Crippen LogP contribution in [-0.2, 0) is 0 Å². The molecule has 0 bridgehead atoms. The third-order valence-corrected chi connectivity index (χ3v) is 2.58. The number of rotatable bonds is 4. The molecule has 1 aromatic heterocycles. The SMILES string of the molecule is Cc1[nH]nc(NC(=O)c2ccc([N+](=O)[O-])cc2)c1N=O. The Kier molecular flexibility index (Phi) is 3.51. The average Bonchev–Trinajstić information content (AvgIpc) is 2.79. The van der Waals surface area contributed by atoms with Crippen LogP contribution in [0.15, 0.2) is 29.4 Å². The number of carbonyl (C=O) groups is 1. The lowest BCUT2D eigenvalue weighted by Crippen LogP contribution is -2.12. The number of hydrogen-bond donors (Lipinski definition) is 2. The molecule has 2 aromatic rings. The van der Waals surface area contributed by atoms with Crippen LogP contribution in [-0.4, -0.2) is 21.0 Å². The normalized spacial score (nSPS) is 10.1. The maximum absolute atomic E-state index is 11.9. The molecule has 0 aliphatic heterocycles. The molecule has 0 saturated carbocycles. The zero-order chi connectivity index (χ0) is 14.7. The van der Waals surface area contributed by atoms with Crippen LogP contribution in [0, 0.1) is 21.9 Å². The summed E-state index contributed by atoms with van der Waals surface area (Å²) in [6.45, 7) is 1.59. The Hall–Kier alpha value is -3.10. The van der Waals surface area contributed by atoms with Crippen molar-refractivity contribution in [2.24, 2.45) is 5.18 Å². The fourth-order valence-corrected chi connectivity index (χ4v) is 1.54. The first kappa shape index (κ1) is 13.3. The molecule has 1 aromatic carbocycles. The minimum Gasteiger partial charge on any atom is -0.303 e. The van der Waals surface area contributed by atoms with E-state index in [4.69, 9.17) is 0 Å². The number of non-ortho nitro benzene ring substituents is 1. The summed E-state index contributed by atoms with van der Waals surface area (Å²) in [4.78, 5) is 32.4. The monoisotopic (exact) mass is 275 g/mol. The summed E-state index contributed by atoms with van der Waals surface area (Å²) in [5, 5.41) is 21.9. The van der Waals surface area contributed by atoms with Crippen LogP contribution in [0.25, 0.3) is 0 Å². The minimum absolute atomic E-state index is 0.0141. The summed E-state index contributed by atoms with van der Waals surface area (Å²) in [6.07, 6.45) is 0. The van der Waals surface area contributed by atoms with Gasteiger partial charge in [0.1, 0.15) is 0 Å². The molecule has 0 radical (unpaired) electrons. The maximum atomic E-state index is 11.9. The van der Waals surface area contributed by atoms with Crippen LogP contribution in [0.1, 0.15) is 16.1 Å². The van der Waals surface area contributed by atoms with E-state index in [1.165, 1.54) is 24.3 Å². The zero-order valence-electron chi connectivity index (χ0n) is 10.3. The first-order valence-electron chi connectivity index (χ1n) is 5.47. The van der Waals surface area contributed by atoms with Gasteiger partial charge in [0, 0.05) is 17.7 Å². The number of aromatic amines is 1. The standard InChI is InChI=1S/C11H9N5O4/c1-6-9(15-18)10(14-13-6)12-11(17)7-2-4-8(5-3-7)16(19)20/h2-5H,1H3,(H2,12,13,14,17). The van der Waals surface area contributed by atoms with Gasteiger partial charge in [0.2, 0.25) is 0 Å². The van der Waals surface area contributed by atoms with E-state index in [1.807, 2.05) is 0 Å². The van der Waals surface area contributed by atoms with Crippen molar-refractivity contribution in [2.75, 3.05) is 5.32 Å². The zero-order valence-corrected chi connectivity index (χ0v) is 10.3. The van der Waals surface area contributed by atoms with E-state index in [0.717, 1.165) is 0 Å². The summed E-state index contributed by atoms with van der Waals surface area (Å²) < 4.78 is 0. The van der Waals surface area contributed by atoms with Gasteiger partial charge >= 0.3 is 0 Å². The van der Waals surface area contributed by atoms with E-state index in [0.29, 0.717) is 5.69 Å². The Labute approximate surface area is 112 Å². The molecule has 0 fully saturated rings. The second-order valence-corrected chi connectivity index (χ2v) is 3.90. The molecule has 2 rings (SSSR count). The molecule has 102 valence electrons. The van der Waals surface area contributed by atoms with Crippen molar-refractivity contribution < 1.29 is 9.72 Å². The first-order valence-corrected chi connectivity index (χ1v) is 5.47. The molecule has 0 aliphatic carbocycles. The van der Waals surface area contributed by atoms with E-state index in [2.05, 4.69) is 20.7 Å². The highest BCUT2D eigenvalue weighted by Gasteiger charge is 2.15. The largest absolute Gasteiger partial charge is 0.303 e. The number of hydrogen-bond acceptors (Lipinski definition) is 6. The number of benzene rings is 1. The predicted octanol–water partition coefficient (Wildman–Crippen LogP) is 2.28. The number of amides is 1. The lowest BCUT2D eigenvalue weighted by atomic mass is 10.2. The Morgan fingerprint density at radius 3 is 2.60 bits per heavy atom. The number of anilines is 1. The highest BCUT2D eigenvalue weighted by molar-refractivity contribution is 6.05. The number of nitrogens with one attached hydrogen (secondary N) is 2. The molecule has 0 unspecified atom stereocenters. The highest BCUT2D eigenvalue weighted by atomic mass is 16.6. The Morgan fingerprint density at radius 2 is 2.05 bits per heavy atom. The van der Waals surface area contributed by atoms with Crippen molar-refractivity contribution in [3.05, 3.63) is 50.5 Å². The van der Waals surface area contributed by atoms with Crippen molar-refractivity contribution in [3.8, 4) is 0 Å². The number of aromatic nitrogens is 2. The van der Waals surface area contributed by atoms with Crippen molar-refractivity contribution >= 4 is 23.1 Å². The van der Waals surface area contributed by atoms with Crippen LogP contribution in [0.2, 0.25) is 0 Å². The Morgan fingerprint density at radius 1 is 1.40 bits per heavy atom. The molecule has 0 aliphatic rings. The van der Waals surface area contributed by atoms with Gasteiger partial charge in [-0.15, -0.1) is 4.91 Å². The molecule has 20 heavy (non-hydrogen) atoms. The number of nitroso groups, excluding NO2 is 1. The minimum atomic E-state index is -0.562. The second kappa shape index (κ2) is 5.26. The summed E-state index contributed by atoms with van der Waals surface area (Å²) >= 11 is 0. The third-order valence-electron chi connectivity index (χ3n) is 2.58. The topological polar surface area (TPSA) is 130 Å². The number of nitro benzene ring substituents is 1. The van der Waals surface area contributed by atoms with Crippen molar-refractivity contribution in [1.82, 2.24) is 10.2 Å². The molecular weight excluding hydrogens is 266 g/mol. The molecular formula is C11H9N5O4. The lowest BCUT2D eigenvalue weighted by molar-refractivity contribution is -0.384. The van der Waals surface area contributed by atoms with Crippen molar-refractivity contribution in [3.63, 3.8) is 0 Å². The van der Waals surface area contributed by atoms with Crippen LogP contribution >= 0.6 is 0 Å². The maximum Gasteiger partial charge on any atom is 0.269 e. The Bertz CT molecular complexity index is 677. The van der Waals surface area contributed by atoms with Crippen LogP contribution in [0.3, 0.4) is 0 Å². The van der Waals surface area contributed by atoms with Gasteiger partial charge in [-0.3, -0.25) is 20.0 Å². The van der Waals surface area contributed by atoms with Gasteiger partial charge in [0.15, 0.2) is 11.5 Å². The summed E-state index contributed by atoms with van der Waals surface area (Å²) in [6, 6.07) is 5.04. The van der Waals surface area contributed by atoms with E-state index in [-0.39, 0.29) is 22.8 Å². The fraction of sp³-hybridized carbons (Fsp3) is 0.0909. The van der Waals surface area contributed by atoms with E-state index in [1.54, 1.807) is 6.92 Å². The van der Waals surface area contributed by atoms with E-state index >= 15 is 0 Å². The Balaban J connectivity index is 2.19. The van der Waals surface area contributed by atoms with Gasteiger partial charge < -0.3 is 5.32 Å². The van der Waals surface area contributed by atoms with Crippen molar-refractivity contribution in [1.29, 1.82) is 0 Å². The lowest BCUT2D eigenvalue weighted by Gasteiger charge is -2.02. The highest BCUT2D eigenvalue weighted by Crippen LogP contribution is 2.26. The quantitative estimate of drug-likeness (QED) is 0.502. The second-order valence-electron chi connectivity index (χ2n) is 3.90. The predicted molar refractivity (Wildman–Crippen MR) is 69.8 cm³/mol. The molecule has 1 amide bonds. The van der Waals surface area contributed by atoms with E-state index in [9.17, 15) is 19.8 Å². The fourth-order valence-electron chi connectivity index (χ4n) is 1.54. The number of nitrogens with zero attached hydrogens (tertiary/aromatic N) is 3. The smallest absolute Gasteiger partial charge is 0.269 e. The first-order chi connectivity index (χ1) is 9.52. The molecule has 2 N–H and O–H groups in total. The van der Waals surface area contributed by atoms with Gasteiger partial charge in [-0.25, -0.2) is 0 Å². The number of nitro groups is 1. The molecule has 9 nitrogen and oxygen atoms in total. The molecule has 9 heteroatoms.